The summed E-state index contributed by atoms with van der Waals surface area (Å²) in [6.45, 7) is 5.41. The van der Waals surface area contributed by atoms with Crippen LogP contribution < -0.4 is 4.90 Å². The molecule has 218 valence electrons. The molecule has 11 heteroatoms. The van der Waals surface area contributed by atoms with Crippen molar-refractivity contribution in [3.8, 4) is 0 Å². The van der Waals surface area contributed by atoms with Crippen LogP contribution >= 0.6 is 24.0 Å². The van der Waals surface area contributed by atoms with Gasteiger partial charge < -0.3 is 4.90 Å². The Morgan fingerprint density at radius 2 is 1.41 bits per heavy atom. The van der Waals surface area contributed by atoms with E-state index in [0.29, 0.717) is 19.6 Å². The van der Waals surface area contributed by atoms with Crippen molar-refractivity contribution in [2.24, 2.45) is 0 Å². The van der Waals surface area contributed by atoms with Crippen molar-refractivity contribution in [2.75, 3.05) is 30.3 Å². The molecule has 8 nitrogen and oxygen atoms in total. The summed E-state index contributed by atoms with van der Waals surface area (Å²) in [5.74, 6) is -1.08. The van der Waals surface area contributed by atoms with Crippen molar-refractivity contribution in [1.82, 2.24) is 9.80 Å². The lowest BCUT2D eigenvalue weighted by molar-refractivity contribution is -0.133. The summed E-state index contributed by atoms with van der Waals surface area (Å²) in [4.78, 5) is 32.6. The first-order valence-corrected chi connectivity index (χ1v) is 16.7. The largest absolute Gasteiger partial charge is 0.335 e. The third-order valence-corrected chi connectivity index (χ3v) is 9.24. The van der Waals surface area contributed by atoms with E-state index in [-0.39, 0.29) is 34.7 Å². The van der Waals surface area contributed by atoms with Crippen LogP contribution in [-0.4, -0.2) is 65.1 Å². The summed E-state index contributed by atoms with van der Waals surface area (Å²) < 4.78 is 31.9. The second-order valence-corrected chi connectivity index (χ2v) is 12.9. The number of allylic oxidation sites excluding steroid dienone is 4. The van der Waals surface area contributed by atoms with Gasteiger partial charge in [0.2, 0.25) is 0 Å². The van der Waals surface area contributed by atoms with Gasteiger partial charge in [-0.2, -0.15) is 8.42 Å². The minimum atomic E-state index is -4.07. The Bertz CT molecular complexity index is 1500. The van der Waals surface area contributed by atoms with E-state index >= 15 is 0 Å². The number of carbonyl (C=O) groups excluding carboxylic acids is 2. The van der Waals surface area contributed by atoms with E-state index in [1.807, 2.05) is 49.1 Å². The highest BCUT2D eigenvalue weighted by Crippen LogP contribution is 2.47. The summed E-state index contributed by atoms with van der Waals surface area (Å²) >= 11 is 7.08. The van der Waals surface area contributed by atoms with Crippen LogP contribution in [0.2, 0.25) is 0 Å². The van der Waals surface area contributed by atoms with Gasteiger partial charge in [0.1, 0.15) is 5.57 Å². The third-order valence-electron chi connectivity index (χ3n) is 6.88. The van der Waals surface area contributed by atoms with E-state index in [4.69, 9.17) is 12.2 Å². The molecule has 2 aromatic carbocycles. The number of thiocarbonyl (C=S) groups is 1. The molecule has 0 saturated carbocycles. The van der Waals surface area contributed by atoms with Crippen molar-refractivity contribution < 1.29 is 22.6 Å². The van der Waals surface area contributed by atoms with Crippen LogP contribution in [0, 0.1) is 0 Å². The topological polar surface area (TPSA) is 98.2 Å². The lowest BCUT2D eigenvalue weighted by Gasteiger charge is -2.36. The molecular weight excluding hydrogens is 579 g/mol. The second-order valence-electron chi connectivity index (χ2n) is 9.93. The maximum Gasteiger partial charge on any atom is 0.265 e. The maximum atomic E-state index is 13.2. The molecule has 0 spiro atoms. The molecular formula is C30H35N3O5S3. The lowest BCUT2D eigenvalue weighted by atomic mass is 10.1. The zero-order chi connectivity index (χ0) is 29.6. The number of fused-ring (bicyclic) bond motifs is 2. The first-order chi connectivity index (χ1) is 19.6. The van der Waals surface area contributed by atoms with Gasteiger partial charge in [0, 0.05) is 24.5 Å². The molecule has 2 heterocycles. The Morgan fingerprint density at radius 3 is 2.00 bits per heavy atom. The lowest BCUT2D eigenvalue weighted by Crippen LogP contribution is -2.56. The Balaban J connectivity index is 1.60. The molecule has 2 aliphatic rings. The van der Waals surface area contributed by atoms with E-state index in [2.05, 4.69) is 12.1 Å². The molecule has 1 saturated heterocycles. The molecule has 1 N–H and O–H groups in total. The van der Waals surface area contributed by atoms with Gasteiger partial charge >= 0.3 is 0 Å². The number of amides is 2. The average molecular weight is 614 g/mol. The summed E-state index contributed by atoms with van der Waals surface area (Å²) in [6, 6.07) is 12.2. The SMILES string of the molecule is CCCCN1C(=O)C(=C/C=C/C=C2/Sc3cc4ccccc4cc3N2CCCS(=O)(=O)O)C(=O)N(CCCC)C1=S. The van der Waals surface area contributed by atoms with Gasteiger partial charge in [-0.05, 0) is 66.5 Å². The van der Waals surface area contributed by atoms with Crippen LogP contribution in [0.25, 0.3) is 10.8 Å². The summed E-state index contributed by atoms with van der Waals surface area (Å²) in [6.07, 6.45) is 10.5. The van der Waals surface area contributed by atoms with Crippen LogP contribution in [0.3, 0.4) is 0 Å². The molecule has 0 aliphatic carbocycles. The first kappa shape index (κ1) is 31.0. The van der Waals surface area contributed by atoms with Gasteiger partial charge in [-0.15, -0.1) is 0 Å². The Kier molecular flexibility index (Phi) is 10.4. The van der Waals surface area contributed by atoms with E-state index in [1.54, 1.807) is 30.0 Å². The molecule has 41 heavy (non-hydrogen) atoms. The Morgan fingerprint density at radius 1 is 0.854 bits per heavy atom. The van der Waals surface area contributed by atoms with Gasteiger partial charge in [0.25, 0.3) is 21.9 Å². The molecule has 2 aromatic rings. The monoisotopic (exact) mass is 613 g/mol. The number of nitrogens with zero attached hydrogens (tertiary/aromatic N) is 3. The number of benzene rings is 2. The maximum absolute atomic E-state index is 13.2. The highest BCUT2D eigenvalue weighted by atomic mass is 32.2. The van der Waals surface area contributed by atoms with E-state index < -0.39 is 10.1 Å². The van der Waals surface area contributed by atoms with Crippen molar-refractivity contribution in [3.63, 3.8) is 0 Å². The number of carbonyl (C=O) groups is 2. The van der Waals surface area contributed by atoms with Gasteiger partial charge in [0.15, 0.2) is 5.11 Å². The van der Waals surface area contributed by atoms with E-state index in [0.717, 1.165) is 52.1 Å². The minimum Gasteiger partial charge on any atom is -0.335 e. The third kappa shape index (κ3) is 7.45. The number of thioether (sulfide) groups is 1. The standard InChI is InChI=1S/C30H35N3O5S3/c1-3-5-16-32-28(34)24(29(35)33(30(32)39)17-6-4-2)14-9-10-15-27-31(18-11-19-41(36,37)38)25-20-22-12-7-8-13-23(22)21-26(25)40-27/h7-10,12-15,20-21H,3-6,11,16-19H2,1-2H3,(H,36,37,38)/b10-9+,27-15+. The van der Waals surface area contributed by atoms with Crippen molar-refractivity contribution >= 4 is 67.5 Å². The van der Waals surface area contributed by atoms with Crippen LogP contribution in [0.15, 0.2) is 76.2 Å². The molecule has 0 aromatic heterocycles. The van der Waals surface area contributed by atoms with Gasteiger partial charge in [0.05, 0.1) is 16.5 Å². The minimum absolute atomic E-state index is 0.0825. The fourth-order valence-corrected chi connectivity index (χ4v) is 6.68. The number of unbranched alkanes of at least 4 members (excludes halogenated alkanes) is 2. The highest BCUT2D eigenvalue weighted by molar-refractivity contribution is 8.03. The molecule has 2 amide bonds. The number of rotatable bonds is 12. The predicted molar refractivity (Wildman–Crippen MR) is 169 cm³/mol. The zero-order valence-corrected chi connectivity index (χ0v) is 25.7. The van der Waals surface area contributed by atoms with E-state index in [1.165, 1.54) is 9.80 Å². The molecule has 0 atom stereocenters. The summed E-state index contributed by atoms with van der Waals surface area (Å²) in [5.41, 5.74) is 1.05. The second kappa shape index (κ2) is 13.8. The van der Waals surface area contributed by atoms with Crippen molar-refractivity contribution in [1.29, 1.82) is 0 Å². The van der Waals surface area contributed by atoms with Crippen molar-refractivity contribution in [2.45, 2.75) is 50.8 Å². The quantitative estimate of drug-likeness (QED) is 0.137. The Labute approximate surface area is 251 Å². The number of anilines is 1. The first-order valence-electron chi connectivity index (χ1n) is 13.8. The Hall–Kier alpha value is -2.99. The number of hydrogen-bond acceptors (Lipinski definition) is 7. The fourth-order valence-electron chi connectivity index (χ4n) is 4.71. The summed E-state index contributed by atoms with van der Waals surface area (Å²) in [5, 5.41) is 3.32. The smallest absolute Gasteiger partial charge is 0.265 e. The van der Waals surface area contributed by atoms with Gasteiger partial charge in [-0.3, -0.25) is 23.9 Å². The summed E-state index contributed by atoms with van der Waals surface area (Å²) in [7, 11) is -4.07. The molecule has 4 rings (SSSR count). The predicted octanol–water partition coefficient (Wildman–Crippen LogP) is 5.91. The zero-order valence-electron chi connectivity index (χ0n) is 23.3. The molecule has 1 fully saturated rings. The van der Waals surface area contributed by atoms with Gasteiger partial charge in [-0.25, -0.2) is 0 Å². The normalized spacial score (nSPS) is 17.0. The average Bonchev–Trinajstić information content (AvgIpc) is 3.26. The molecule has 0 bridgehead atoms. The van der Waals surface area contributed by atoms with Gasteiger partial charge in [-0.1, -0.05) is 74.9 Å². The molecule has 2 aliphatic heterocycles. The molecule has 0 radical (unpaired) electrons. The van der Waals surface area contributed by atoms with Crippen LogP contribution in [-0.2, 0) is 19.7 Å². The van der Waals surface area contributed by atoms with Crippen molar-refractivity contribution in [3.05, 3.63) is 71.3 Å². The molecule has 0 unspecified atom stereocenters. The van der Waals surface area contributed by atoms with Crippen LogP contribution in [0.5, 0.6) is 0 Å². The van der Waals surface area contributed by atoms with E-state index in [9.17, 15) is 22.6 Å². The highest BCUT2D eigenvalue weighted by Gasteiger charge is 2.38. The van der Waals surface area contributed by atoms with Crippen LogP contribution in [0.4, 0.5) is 5.69 Å². The van der Waals surface area contributed by atoms with Crippen LogP contribution in [0.1, 0.15) is 46.0 Å². The number of hydrogen-bond donors (Lipinski definition) is 1. The fraction of sp³-hybridized carbons (Fsp3) is 0.367.